The second-order valence-electron chi connectivity index (χ2n) is 10.7. The molecule has 0 spiro atoms. The Morgan fingerprint density at radius 3 is 2.44 bits per heavy atom. The van der Waals surface area contributed by atoms with Gasteiger partial charge >= 0.3 is 0 Å². The van der Waals surface area contributed by atoms with Gasteiger partial charge in [-0.3, -0.25) is 9.59 Å². The van der Waals surface area contributed by atoms with Crippen molar-refractivity contribution in [1.82, 2.24) is 14.7 Å². The van der Waals surface area contributed by atoms with Crippen LogP contribution in [0.1, 0.15) is 68.5 Å². The fourth-order valence-electron chi connectivity index (χ4n) is 5.15. The molecule has 0 radical (unpaired) electrons. The summed E-state index contributed by atoms with van der Waals surface area (Å²) >= 11 is 1.75. The van der Waals surface area contributed by atoms with Crippen LogP contribution in [-0.2, 0) is 16.0 Å². The van der Waals surface area contributed by atoms with Gasteiger partial charge in [0.15, 0.2) is 0 Å². The van der Waals surface area contributed by atoms with Crippen LogP contribution in [0, 0.1) is 5.92 Å². The number of thiophene rings is 1. The highest BCUT2D eigenvalue weighted by Gasteiger charge is 2.34. The van der Waals surface area contributed by atoms with Gasteiger partial charge in [-0.1, -0.05) is 39.8 Å². The van der Waals surface area contributed by atoms with E-state index in [2.05, 4.69) is 42.3 Å². The summed E-state index contributed by atoms with van der Waals surface area (Å²) in [7, 11) is 0. The van der Waals surface area contributed by atoms with Crippen LogP contribution in [0.3, 0.4) is 0 Å². The first-order chi connectivity index (χ1) is 17.3. The molecule has 0 bridgehead atoms. The predicted molar refractivity (Wildman–Crippen MR) is 146 cm³/mol. The fraction of sp³-hybridized carbons (Fsp3) is 0.586. The number of benzene rings is 1. The van der Waals surface area contributed by atoms with Gasteiger partial charge in [0, 0.05) is 30.4 Å². The Hall–Kier alpha value is -2.38. The summed E-state index contributed by atoms with van der Waals surface area (Å²) in [6.07, 6.45) is 3.29. The number of likely N-dealkylation sites (tertiary alicyclic amines) is 1. The van der Waals surface area contributed by atoms with Gasteiger partial charge < -0.3 is 19.4 Å². The molecule has 1 aromatic carbocycles. The molecule has 2 aliphatic heterocycles. The van der Waals surface area contributed by atoms with E-state index in [0.717, 1.165) is 31.8 Å². The quantitative estimate of drug-likeness (QED) is 0.453. The van der Waals surface area contributed by atoms with Crippen LogP contribution >= 0.6 is 11.3 Å². The predicted octanol–water partition coefficient (Wildman–Crippen LogP) is 4.96. The van der Waals surface area contributed by atoms with Crippen LogP contribution in [0.15, 0.2) is 35.7 Å². The van der Waals surface area contributed by atoms with Gasteiger partial charge in [-0.15, -0.1) is 11.3 Å². The van der Waals surface area contributed by atoms with Crippen molar-refractivity contribution in [2.45, 2.75) is 58.9 Å². The number of hydrogen-bond acceptors (Lipinski definition) is 5. The second-order valence-corrected chi connectivity index (χ2v) is 11.7. The molecule has 196 valence electrons. The molecule has 3 heterocycles. The van der Waals surface area contributed by atoms with E-state index >= 15 is 0 Å². The molecule has 1 saturated heterocycles. The Bertz CT molecular complexity index is 1010. The lowest BCUT2D eigenvalue weighted by molar-refractivity contribution is -0.144. The van der Waals surface area contributed by atoms with Gasteiger partial charge in [-0.2, -0.15) is 0 Å². The zero-order valence-electron chi connectivity index (χ0n) is 22.2. The van der Waals surface area contributed by atoms with Crippen molar-refractivity contribution in [2.75, 3.05) is 45.9 Å². The maximum absolute atomic E-state index is 13.7. The molecule has 0 aliphatic carbocycles. The zero-order chi connectivity index (χ0) is 25.7. The van der Waals surface area contributed by atoms with Crippen molar-refractivity contribution in [3.05, 3.63) is 51.7 Å². The summed E-state index contributed by atoms with van der Waals surface area (Å²) in [5.74, 6) is 1.21. The summed E-state index contributed by atoms with van der Waals surface area (Å²) in [5.41, 5.74) is 2.46. The molecule has 36 heavy (non-hydrogen) atoms. The van der Waals surface area contributed by atoms with Crippen molar-refractivity contribution in [2.24, 2.45) is 5.92 Å². The number of nitrogens with zero attached hydrogens (tertiary/aromatic N) is 3. The number of amides is 2. The molecule has 2 aliphatic rings. The monoisotopic (exact) mass is 511 g/mol. The van der Waals surface area contributed by atoms with Gasteiger partial charge in [0.2, 0.25) is 11.8 Å². The van der Waals surface area contributed by atoms with Gasteiger partial charge in [0.1, 0.15) is 12.4 Å². The van der Waals surface area contributed by atoms with Crippen molar-refractivity contribution < 1.29 is 14.3 Å². The Kier molecular flexibility index (Phi) is 9.07. The van der Waals surface area contributed by atoms with E-state index in [9.17, 15) is 9.59 Å². The van der Waals surface area contributed by atoms with E-state index in [0.29, 0.717) is 25.6 Å². The molecule has 1 fully saturated rings. The molecule has 2 amide bonds. The van der Waals surface area contributed by atoms with E-state index in [1.807, 2.05) is 30.9 Å². The maximum atomic E-state index is 13.7. The second kappa shape index (κ2) is 12.2. The van der Waals surface area contributed by atoms with Gasteiger partial charge in [-0.05, 0) is 73.0 Å². The molecule has 7 heteroatoms. The molecular formula is C29H41N3O3S. The third-order valence-corrected chi connectivity index (χ3v) is 8.38. The summed E-state index contributed by atoms with van der Waals surface area (Å²) in [6.45, 7) is 13.0. The zero-order valence-corrected chi connectivity index (χ0v) is 23.1. The first-order valence-corrected chi connectivity index (χ1v) is 14.3. The van der Waals surface area contributed by atoms with E-state index in [4.69, 9.17) is 4.74 Å². The van der Waals surface area contributed by atoms with Crippen LogP contribution in [0.2, 0.25) is 0 Å². The largest absolute Gasteiger partial charge is 0.491 e. The van der Waals surface area contributed by atoms with Crippen LogP contribution < -0.4 is 4.74 Å². The number of hydrogen-bond donors (Lipinski definition) is 0. The Labute approximate surface area is 220 Å². The van der Waals surface area contributed by atoms with E-state index in [-0.39, 0.29) is 30.3 Å². The average Bonchev–Trinajstić information content (AvgIpc) is 3.56. The highest BCUT2D eigenvalue weighted by molar-refractivity contribution is 7.10. The lowest BCUT2D eigenvalue weighted by Crippen LogP contribution is -2.49. The van der Waals surface area contributed by atoms with Crippen LogP contribution in [0.5, 0.6) is 5.75 Å². The number of ether oxygens (including phenoxy) is 1. The van der Waals surface area contributed by atoms with Crippen LogP contribution in [0.25, 0.3) is 0 Å². The number of carbonyl (C=O) groups is 2. The number of carbonyl (C=O) groups excluding carboxylic acids is 2. The normalized spacial score (nSPS) is 18.1. The highest BCUT2D eigenvalue weighted by atomic mass is 32.1. The van der Waals surface area contributed by atoms with Gasteiger partial charge in [0.05, 0.1) is 12.6 Å². The molecule has 2 aromatic rings. The van der Waals surface area contributed by atoms with Gasteiger partial charge in [0.25, 0.3) is 0 Å². The maximum Gasteiger partial charge on any atom is 0.242 e. The molecule has 0 saturated carbocycles. The standard InChI is InChI=1S/C29H41N3O3S/c1-21(2)23-7-9-24(10-8-23)35-20-26-25-12-18-36-27(25)11-15-32(26)28(33)19-31(29(34)22(3)4)17-16-30-13-5-6-14-30/h7-10,12,18,21-22,26H,5-6,11,13-17,19-20H2,1-4H3. The molecule has 0 N–H and O–H groups in total. The first kappa shape index (κ1) is 26.7. The summed E-state index contributed by atoms with van der Waals surface area (Å²) in [4.78, 5) is 34.1. The fourth-order valence-corrected chi connectivity index (χ4v) is 6.08. The summed E-state index contributed by atoms with van der Waals surface area (Å²) in [6, 6.07) is 10.2. The van der Waals surface area contributed by atoms with E-state index in [1.165, 1.54) is 28.8 Å². The van der Waals surface area contributed by atoms with Crippen LogP contribution in [0.4, 0.5) is 0 Å². The van der Waals surface area contributed by atoms with Crippen LogP contribution in [-0.4, -0.2) is 72.4 Å². The van der Waals surface area contributed by atoms with Crippen molar-refractivity contribution >= 4 is 23.2 Å². The lowest BCUT2D eigenvalue weighted by Gasteiger charge is -2.37. The Balaban J connectivity index is 1.45. The lowest BCUT2D eigenvalue weighted by atomic mass is 10.00. The van der Waals surface area contributed by atoms with Crippen molar-refractivity contribution in [3.63, 3.8) is 0 Å². The first-order valence-electron chi connectivity index (χ1n) is 13.4. The number of rotatable bonds is 10. The van der Waals surface area contributed by atoms with Gasteiger partial charge in [-0.25, -0.2) is 0 Å². The SMILES string of the molecule is CC(C)C(=O)N(CCN1CCCC1)CC(=O)N1CCc2sccc2C1COc1ccc(C(C)C)cc1. The molecule has 1 aromatic heterocycles. The third-order valence-electron chi connectivity index (χ3n) is 7.39. The Morgan fingerprint density at radius 1 is 1.06 bits per heavy atom. The Morgan fingerprint density at radius 2 is 1.78 bits per heavy atom. The number of fused-ring (bicyclic) bond motifs is 1. The minimum atomic E-state index is -0.146. The molecule has 4 rings (SSSR count). The smallest absolute Gasteiger partial charge is 0.242 e. The molecule has 1 unspecified atom stereocenters. The topological polar surface area (TPSA) is 53.1 Å². The van der Waals surface area contributed by atoms with E-state index < -0.39 is 0 Å². The van der Waals surface area contributed by atoms with E-state index in [1.54, 1.807) is 16.2 Å². The molecule has 1 atom stereocenters. The van der Waals surface area contributed by atoms with Crippen molar-refractivity contribution in [3.8, 4) is 5.75 Å². The summed E-state index contributed by atoms with van der Waals surface area (Å²) < 4.78 is 6.22. The third kappa shape index (κ3) is 6.48. The molecule has 6 nitrogen and oxygen atoms in total. The minimum Gasteiger partial charge on any atom is -0.491 e. The van der Waals surface area contributed by atoms with Crippen molar-refractivity contribution in [1.29, 1.82) is 0 Å². The average molecular weight is 512 g/mol. The minimum absolute atomic E-state index is 0.00558. The molecular weight excluding hydrogens is 470 g/mol. The summed E-state index contributed by atoms with van der Waals surface area (Å²) in [5, 5.41) is 2.10. The highest BCUT2D eigenvalue weighted by Crippen LogP contribution is 2.34.